The highest BCUT2D eigenvalue weighted by Gasteiger charge is 2.18. The summed E-state index contributed by atoms with van der Waals surface area (Å²) in [5.74, 6) is -0.776. The van der Waals surface area contributed by atoms with Crippen LogP contribution in [0.25, 0.3) is 0 Å². The third-order valence-electron chi connectivity index (χ3n) is 2.39. The predicted octanol–water partition coefficient (Wildman–Crippen LogP) is 1.21. The van der Waals surface area contributed by atoms with E-state index in [4.69, 9.17) is 9.84 Å². The molecule has 4 heteroatoms. The zero-order chi connectivity index (χ0) is 11.2. The molecule has 0 radical (unpaired) electrons. The molecular formula is C10H21NO3. The second kappa shape index (κ2) is 5.98. The first kappa shape index (κ1) is 13.4. The van der Waals surface area contributed by atoms with Crippen molar-refractivity contribution in [3.8, 4) is 0 Å². The molecule has 0 aliphatic rings. The summed E-state index contributed by atoms with van der Waals surface area (Å²) in [5, 5.41) is 8.63. The lowest BCUT2D eigenvalue weighted by Gasteiger charge is -2.26. The molecule has 4 nitrogen and oxygen atoms in total. The second-order valence-corrected chi connectivity index (χ2v) is 3.98. The van der Waals surface area contributed by atoms with Crippen molar-refractivity contribution in [2.75, 3.05) is 26.7 Å². The summed E-state index contributed by atoms with van der Waals surface area (Å²) >= 11 is 0. The van der Waals surface area contributed by atoms with Crippen LogP contribution in [-0.2, 0) is 9.53 Å². The van der Waals surface area contributed by atoms with Gasteiger partial charge in [-0.05, 0) is 26.8 Å². The Morgan fingerprint density at radius 2 is 2.07 bits per heavy atom. The predicted molar refractivity (Wildman–Crippen MR) is 55.5 cm³/mol. The number of ether oxygens (including phenoxy) is 1. The number of carboxylic acid groups (broad SMARTS) is 1. The first-order chi connectivity index (χ1) is 6.41. The first-order valence-corrected chi connectivity index (χ1v) is 4.90. The van der Waals surface area contributed by atoms with Gasteiger partial charge in [0.15, 0.2) is 0 Å². The topological polar surface area (TPSA) is 49.8 Å². The Morgan fingerprint density at radius 1 is 1.50 bits per heavy atom. The first-order valence-electron chi connectivity index (χ1n) is 4.90. The minimum absolute atomic E-state index is 0.107. The van der Waals surface area contributed by atoms with Crippen LogP contribution in [0, 0.1) is 0 Å². The molecule has 0 unspecified atom stereocenters. The summed E-state index contributed by atoms with van der Waals surface area (Å²) in [6.45, 7) is 7.58. The zero-order valence-electron chi connectivity index (χ0n) is 9.54. The maximum absolute atomic E-state index is 10.5. The lowest BCUT2D eigenvalue weighted by Crippen LogP contribution is -2.35. The molecule has 0 saturated heterocycles. The molecule has 0 spiro atoms. The monoisotopic (exact) mass is 203 g/mol. The minimum Gasteiger partial charge on any atom is -0.480 e. The highest BCUT2D eigenvalue weighted by Crippen LogP contribution is 2.13. The van der Waals surface area contributed by atoms with E-state index in [0.29, 0.717) is 0 Å². The summed E-state index contributed by atoms with van der Waals surface area (Å²) in [5.41, 5.74) is -0.175. The van der Waals surface area contributed by atoms with Gasteiger partial charge in [-0.15, -0.1) is 0 Å². The van der Waals surface area contributed by atoms with Crippen molar-refractivity contribution in [3.63, 3.8) is 0 Å². The van der Waals surface area contributed by atoms with E-state index in [1.807, 2.05) is 25.7 Å². The Labute approximate surface area is 85.9 Å². The van der Waals surface area contributed by atoms with E-state index in [1.165, 1.54) is 0 Å². The van der Waals surface area contributed by atoms with Crippen molar-refractivity contribution in [2.24, 2.45) is 0 Å². The van der Waals surface area contributed by atoms with Gasteiger partial charge in [0.2, 0.25) is 0 Å². The van der Waals surface area contributed by atoms with E-state index in [1.54, 1.807) is 7.11 Å². The molecular weight excluding hydrogens is 182 g/mol. The largest absolute Gasteiger partial charge is 0.480 e. The van der Waals surface area contributed by atoms with E-state index >= 15 is 0 Å². The van der Waals surface area contributed by atoms with Crippen LogP contribution in [0.2, 0.25) is 0 Å². The van der Waals surface area contributed by atoms with Gasteiger partial charge in [0, 0.05) is 13.7 Å². The molecule has 84 valence electrons. The standard InChI is InChI=1S/C10H21NO3/c1-5-11(8-9(12)13)7-6-10(2,3)14-4/h5-8H2,1-4H3,(H,12,13). The average molecular weight is 203 g/mol. The lowest BCUT2D eigenvalue weighted by molar-refractivity contribution is -0.138. The third kappa shape index (κ3) is 5.94. The van der Waals surface area contributed by atoms with Gasteiger partial charge in [-0.25, -0.2) is 0 Å². The van der Waals surface area contributed by atoms with Gasteiger partial charge in [0.1, 0.15) is 0 Å². The van der Waals surface area contributed by atoms with Gasteiger partial charge < -0.3 is 9.84 Å². The number of likely N-dealkylation sites (N-methyl/N-ethyl adjacent to an activating group) is 1. The van der Waals surface area contributed by atoms with Crippen molar-refractivity contribution in [3.05, 3.63) is 0 Å². The quantitative estimate of drug-likeness (QED) is 0.675. The Balaban J connectivity index is 3.89. The Morgan fingerprint density at radius 3 is 2.43 bits per heavy atom. The molecule has 0 rings (SSSR count). The van der Waals surface area contributed by atoms with E-state index < -0.39 is 5.97 Å². The summed E-state index contributed by atoms with van der Waals surface area (Å²) in [7, 11) is 1.67. The molecule has 0 aromatic carbocycles. The normalized spacial score (nSPS) is 12.1. The van der Waals surface area contributed by atoms with Crippen molar-refractivity contribution < 1.29 is 14.6 Å². The van der Waals surface area contributed by atoms with Crippen LogP contribution in [-0.4, -0.2) is 48.3 Å². The Kier molecular flexibility index (Phi) is 5.72. The molecule has 1 N–H and O–H groups in total. The van der Waals surface area contributed by atoms with Crippen LogP contribution < -0.4 is 0 Å². The number of aliphatic carboxylic acids is 1. The fourth-order valence-electron chi connectivity index (χ4n) is 1.07. The van der Waals surface area contributed by atoms with Gasteiger partial charge in [0.05, 0.1) is 12.1 Å². The van der Waals surface area contributed by atoms with E-state index in [9.17, 15) is 4.79 Å². The van der Waals surface area contributed by atoms with Crippen LogP contribution in [0.5, 0.6) is 0 Å². The Bertz CT molecular complexity index is 180. The average Bonchev–Trinajstić information content (AvgIpc) is 2.12. The van der Waals surface area contributed by atoms with Gasteiger partial charge in [-0.2, -0.15) is 0 Å². The number of nitrogens with zero attached hydrogens (tertiary/aromatic N) is 1. The number of carbonyl (C=O) groups is 1. The summed E-state index contributed by atoms with van der Waals surface area (Å²) < 4.78 is 5.26. The van der Waals surface area contributed by atoms with Crippen LogP contribution >= 0.6 is 0 Å². The van der Waals surface area contributed by atoms with E-state index in [2.05, 4.69) is 0 Å². The lowest BCUT2D eigenvalue weighted by atomic mass is 10.1. The van der Waals surface area contributed by atoms with Gasteiger partial charge in [-0.3, -0.25) is 9.69 Å². The summed E-state index contributed by atoms with van der Waals surface area (Å²) in [6, 6.07) is 0. The number of carboxylic acids is 1. The zero-order valence-corrected chi connectivity index (χ0v) is 9.54. The number of hydrogen-bond acceptors (Lipinski definition) is 3. The molecule has 0 bridgehead atoms. The van der Waals surface area contributed by atoms with Crippen LogP contribution in [0.3, 0.4) is 0 Å². The maximum atomic E-state index is 10.5. The molecule has 14 heavy (non-hydrogen) atoms. The molecule has 0 atom stereocenters. The molecule has 0 aromatic heterocycles. The van der Waals surface area contributed by atoms with Crippen molar-refractivity contribution in [1.82, 2.24) is 4.90 Å². The third-order valence-corrected chi connectivity index (χ3v) is 2.39. The van der Waals surface area contributed by atoms with Crippen LogP contribution in [0.15, 0.2) is 0 Å². The van der Waals surface area contributed by atoms with Crippen LogP contribution in [0.1, 0.15) is 27.2 Å². The molecule has 0 aromatic rings. The number of rotatable bonds is 7. The van der Waals surface area contributed by atoms with Crippen molar-refractivity contribution in [2.45, 2.75) is 32.8 Å². The highest BCUT2D eigenvalue weighted by atomic mass is 16.5. The maximum Gasteiger partial charge on any atom is 0.317 e. The second-order valence-electron chi connectivity index (χ2n) is 3.98. The van der Waals surface area contributed by atoms with E-state index in [-0.39, 0.29) is 12.1 Å². The van der Waals surface area contributed by atoms with Gasteiger partial charge >= 0.3 is 5.97 Å². The fraction of sp³-hybridized carbons (Fsp3) is 0.900. The summed E-state index contributed by atoms with van der Waals surface area (Å²) in [4.78, 5) is 12.4. The van der Waals surface area contributed by atoms with E-state index in [0.717, 1.165) is 19.5 Å². The van der Waals surface area contributed by atoms with Crippen LogP contribution in [0.4, 0.5) is 0 Å². The fourth-order valence-corrected chi connectivity index (χ4v) is 1.07. The summed E-state index contributed by atoms with van der Waals surface area (Å²) in [6.07, 6.45) is 0.838. The smallest absolute Gasteiger partial charge is 0.317 e. The molecule has 0 saturated carbocycles. The molecule has 0 heterocycles. The van der Waals surface area contributed by atoms with Gasteiger partial charge in [0.25, 0.3) is 0 Å². The molecule has 0 fully saturated rings. The molecule has 0 aliphatic carbocycles. The Hall–Kier alpha value is -0.610. The highest BCUT2D eigenvalue weighted by molar-refractivity contribution is 5.69. The molecule has 0 amide bonds. The van der Waals surface area contributed by atoms with Crippen molar-refractivity contribution >= 4 is 5.97 Å². The number of methoxy groups -OCH3 is 1. The van der Waals surface area contributed by atoms with Crippen molar-refractivity contribution in [1.29, 1.82) is 0 Å². The SMILES string of the molecule is CCN(CCC(C)(C)OC)CC(=O)O. The molecule has 0 aliphatic heterocycles. The minimum atomic E-state index is -0.776. The number of hydrogen-bond donors (Lipinski definition) is 1. The van der Waals surface area contributed by atoms with Gasteiger partial charge in [-0.1, -0.05) is 6.92 Å².